The molecule has 0 heterocycles. The van der Waals surface area contributed by atoms with Gasteiger partial charge in [-0.05, 0) is 53.9 Å². The number of rotatable bonds is 13. The second kappa shape index (κ2) is 15.3. The summed E-state index contributed by atoms with van der Waals surface area (Å²) in [5.41, 5.74) is 2.34. The van der Waals surface area contributed by atoms with E-state index in [4.69, 9.17) is 8.92 Å². The van der Waals surface area contributed by atoms with Crippen LogP contribution in [0.1, 0.15) is 11.1 Å². The molecule has 6 aromatic rings. The lowest BCUT2D eigenvalue weighted by molar-refractivity contribution is -0.138. The van der Waals surface area contributed by atoms with Crippen LogP contribution in [0.4, 0.5) is 16.2 Å². The molecular formula is C39H35N3O9S2. The molecule has 1 unspecified atom stereocenters. The maximum Gasteiger partial charge on any atom is 0.411 e. The Morgan fingerprint density at radius 1 is 0.679 bits per heavy atom. The first-order valence-electron chi connectivity index (χ1n) is 16.3. The molecule has 0 bridgehead atoms. The Labute approximate surface area is 306 Å². The van der Waals surface area contributed by atoms with Gasteiger partial charge < -0.3 is 18.9 Å². The van der Waals surface area contributed by atoms with E-state index in [1.54, 1.807) is 42.5 Å². The van der Waals surface area contributed by atoms with Gasteiger partial charge in [0.2, 0.25) is 10.0 Å². The number of hydrogen-bond acceptors (Lipinski definition) is 9. The lowest BCUT2D eigenvalue weighted by Gasteiger charge is -2.17. The summed E-state index contributed by atoms with van der Waals surface area (Å²) in [6, 6.07) is 32.6. The van der Waals surface area contributed by atoms with E-state index in [1.165, 1.54) is 42.5 Å². The van der Waals surface area contributed by atoms with Crippen LogP contribution in [-0.2, 0) is 42.7 Å². The van der Waals surface area contributed by atoms with E-state index in [2.05, 4.69) is 10.0 Å². The number of carboxylic acid groups (broad SMARTS) is 1. The van der Waals surface area contributed by atoms with E-state index in [1.807, 2.05) is 61.5 Å². The van der Waals surface area contributed by atoms with Crippen LogP contribution in [0.2, 0.25) is 0 Å². The Bertz CT molecular complexity index is 2530. The average molecular weight is 754 g/mol. The second-order valence-corrected chi connectivity index (χ2v) is 15.5. The van der Waals surface area contributed by atoms with Gasteiger partial charge in [0.25, 0.3) is 0 Å². The molecule has 3 N–H and O–H groups in total. The number of amides is 1. The van der Waals surface area contributed by atoms with Crippen molar-refractivity contribution >= 4 is 65.1 Å². The summed E-state index contributed by atoms with van der Waals surface area (Å²) in [5.74, 6) is -1.43. The van der Waals surface area contributed by atoms with Crippen LogP contribution in [-0.4, -0.2) is 54.1 Å². The van der Waals surface area contributed by atoms with Crippen LogP contribution in [0.15, 0.2) is 137 Å². The summed E-state index contributed by atoms with van der Waals surface area (Å²) in [6.45, 7) is 0.0372. The maximum absolute atomic E-state index is 13.7. The number of sulfonamides is 1. The number of ether oxygens (including phenoxy) is 1. The normalized spacial score (nSPS) is 12.3. The van der Waals surface area contributed by atoms with Crippen LogP contribution in [0.25, 0.3) is 21.5 Å². The van der Waals surface area contributed by atoms with E-state index in [0.717, 1.165) is 16.6 Å². The van der Waals surface area contributed by atoms with Gasteiger partial charge in [0.05, 0.1) is 10.6 Å². The smallest absolute Gasteiger partial charge is 0.411 e. The highest BCUT2D eigenvalue weighted by Gasteiger charge is 2.28. The third kappa shape index (κ3) is 8.41. The molecule has 0 aromatic heterocycles. The number of nitrogens with one attached hydrogen (secondary N) is 2. The van der Waals surface area contributed by atoms with Gasteiger partial charge >= 0.3 is 22.2 Å². The van der Waals surface area contributed by atoms with Crippen LogP contribution in [0.5, 0.6) is 5.75 Å². The van der Waals surface area contributed by atoms with E-state index in [9.17, 15) is 31.5 Å². The highest BCUT2D eigenvalue weighted by molar-refractivity contribution is 7.89. The van der Waals surface area contributed by atoms with Crippen molar-refractivity contribution in [3.63, 3.8) is 0 Å². The average Bonchev–Trinajstić information content (AvgIpc) is 3.14. The number of hydrogen-bond donors (Lipinski definition) is 3. The van der Waals surface area contributed by atoms with Gasteiger partial charge in [-0.2, -0.15) is 13.1 Å². The first-order valence-corrected chi connectivity index (χ1v) is 19.2. The fourth-order valence-electron chi connectivity index (χ4n) is 5.88. The summed E-state index contributed by atoms with van der Waals surface area (Å²) in [5, 5.41) is 14.5. The quantitative estimate of drug-likeness (QED) is 0.110. The number of benzene rings is 6. The molecule has 0 aliphatic rings. The minimum atomic E-state index is -4.41. The van der Waals surface area contributed by atoms with Crippen molar-refractivity contribution < 1.29 is 40.5 Å². The largest absolute Gasteiger partial charge is 0.480 e. The van der Waals surface area contributed by atoms with E-state index in [0.29, 0.717) is 22.0 Å². The van der Waals surface area contributed by atoms with Crippen molar-refractivity contribution in [1.82, 2.24) is 4.72 Å². The first kappa shape index (κ1) is 36.8. The van der Waals surface area contributed by atoms with Crippen LogP contribution in [0, 0.1) is 0 Å². The molecule has 1 atom stereocenters. The summed E-state index contributed by atoms with van der Waals surface area (Å²) >= 11 is 0. The Hall–Kier alpha value is -5.96. The van der Waals surface area contributed by atoms with Crippen molar-refractivity contribution in [1.29, 1.82) is 0 Å². The molecule has 14 heteroatoms. The molecule has 0 radical (unpaired) electrons. The molecule has 1 amide bonds. The predicted octanol–water partition coefficient (Wildman–Crippen LogP) is 6.55. The highest BCUT2D eigenvalue weighted by atomic mass is 32.2. The van der Waals surface area contributed by atoms with Crippen molar-refractivity contribution in [3.8, 4) is 5.75 Å². The Kier molecular flexibility index (Phi) is 10.7. The monoisotopic (exact) mass is 753 g/mol. The zero-order chi connectivity index (χ0) is 37.8. The van der Waals surface area contributed by atoms with Gasteiger partial charge in [0.1, 0.15) is 23.3 Å². The summed E-state index contributed by atoms with van der Waals surface area (Å²) < 4.78 is 67.1. The van der Waals surface area contributed by atoms with Gasteiger partial charge in [-0.15, -0.1) is 0 Å². The topological polar surface area (TPSA) is 168 Å². The fraction of sp³-hybridized carbons (Fsp3) is 0.128. The Morgan fingerprint density at radius 3 is 1.96 bits per heavy atom. The Balaban J connectivity index is 1.16. The van der Waals surface area contributed by atoms with Crippen molar-refractivity contribution in [2.45, 2.75) is 28.9 Å². The SMILES string of the molecule is CN(C)c1cccc2c(S(=O)(=O)Oc3ccc(CC(NS(=O)(=O)c4cccc5c(NC(=O)OCc6ccccc6)cccc45)C(=O)O)cc3)cccc12. The number of carbonyl (C=O) groups excluding carboxylic acids is 1. The molecular weight excluding hydrogens is 719 g/mol. The number of carbonyl (C=O) groups is 2. The van der Waals surface area contributed by atoms with Gasteiger partial charge in [-0.25, -0.2) is 13.2 Å². The molecule has 0 aliphatic heterocycles. The van der Waals surface area contributed by atoms with Crippen LogP contribution >= 0.6 is 0 Å². The predicted molar refractivity (Wildman–Crippen MR) is 202 cm³/mol. The zero-order valence-electron chi connectivity index (χ0n) is 28.6. The summed E-state index contributed by atoms with van der Waals surface area (Å²) in [4.78, 5) is 26.6. The third-order valence-corrected chi connectivity index (χ3v) is 11.2. The van der Waals surface area contributed by atoms with E-state index < -0.39 is 38.2 Å². The minimum absolute atomic E-state index is 0.00825. The number of fused-ring (bicyclic) bond motifs is 2. The molecule has 0 aliphatic carbocycles. The number of nitrogens with zero attached hydrogens (tertiary/aromatic N) is 1. The van der Waals surface area contributed by atoms with E-state index >= 15 is 0 Å². The Morgan fingerprint density at radius 2 is 1.28 bits per heavy atom. The van der Waals surface area contributed by atoms with E-state index in [-0.39, 0.29) is 34.0 Å². The van der Waals surface area contributed by atoms with Crippen LogP contribution in [0.3, 0.4) is 0 Å². The van der Waals surface area contributed by atoms with Gasteiger partial charge in [0.15, 0.2) is 0 Å². The molecule has 53 heavy (non-hydrogen) atoms. The number of aliphatic carboxylic acids is 1. The minimum Gasteiger partial charge on any atom is -0.480 e. The van der Waals surface area contributed by atoms with Gasteiger partial charge in [-0.3, -0.25) is 10.1 Å². The standard InChI is InChI=1S/C39H35N3O9S2/c1-42(2)35-17-7-15-32-30(35)13-9-19-37(32)53(48,49)51-28-22-20-26(21-23-28)24-34(38(43)44)41-52(46,47)36-18-8-12-29-31(36)14-6-16-33(29)40-39(45)50-25-27-10-4-3-5-11-27/h3-23,34,41H,24-25H2,1-2H3,(H,40,45)(H,43,44). The summed E-state index contributed by atoms with van der Waals surface area (Å²) in [6.07, 6.45) is -0.997. The fourth-order valence-corrected chi connectivity index (χ4v) is 8.44. The number of carboxylic acids is 1. The summed E-state index contributed by atoms with van der Waals surface area (Å²) in [7, 11) is -4.95. The molecule has 0 saturated heterocycles. The molecule has 6 rings (SSSR count). The molecule has 0 spiro atoms. The van der Waals surface area contributed by atoms with Crippen molar-refractivity contribution in [2.75, 3.05) is 24.3 Å². The zero-order valence-corrected chi connectivity index (χ0v) is 30.2. The van der Waals surface area contributed by atoms with Gasteiger partial charge in [0, 0.05) is 41.3 Å². The highest BCUT2D eigenvalue weighted by Crippen LogP contribution is 2.32. The number of anilines is 2. The molecule has 6 aromatic carbocycles. The van der Waals surface area contributed by atoms with Crippen molar-refractivity contribution in [2.24, 2.45) is 0 Å². The molecule has 12 nitrogen and oxygen atoms in total. The maximum atomic E-state index is 13.7. The molecule has 0 fully saturated rings. The first-order chi connectivity index (χ1) is 25.3. The lowest BCUT2D eigenvalue weighted by Crippen LogP contribution is -2.42. The third-order valence-electron chi connectivity index (χ3n) is 8.40. The van der Waals surface area contributed by atoms with Crippen molar-refractivity contribution in [3.05, 3.63) is 139 Å². The molecule has 272 valence electrons. The second-order valence-electron chi connectivity index (χ2n) is 12.3. The van der Waals surface area contributed by atoms with Crippen LogP contribution < -0.4 is 19.1 Å². The molecule has 0 saturated carbocycles. The van der Waals surface area contributed by atoms with Gasteiger partial charge in [-0.1, -0.05) is 91.0 Å². The lowest BCUT2D eigenvalue weighted by atomic mass is 10.1.